The Morgan fingerprint density at radius 3 is 2.67 bits per heavy atom. The third-order valence-corrected chi connectivity index (χ3v) is 2.38. The van der Waals surface area contributed by atoms with E-state index >= 15 is 0 Å². The minimum atomic E-state index is -0.534. The van der Waals surface area contributed by atoms with Gasteiger partial charge in [0.1, 0.15) is 5.82 Å². The van der Waals surface area contributed by atoms with E-state index in [1.165, 1.54) is 13.2 Å². The lowest BCUT2D eigenvalue weighted by Gasteiger charge is -2.07. The van der Waals surface area contributed by atoms with Crippen LogP contribution in [-0.4, -0.2) is 19.1 Å². The lowest BCUT2D eigenvalue weighted by atomic mass is 10.1. The van der Waals surface area contributed by atoms with Gasteiger partial charge in [0.15, 0.2) is 11.6 Å². The van der Waals surface area contributed by atoms with E-state index in [9.17, 15) is 8.78 Å². The van der Waals surface area contributed by atoms with Crippen LogP contribution in [0.5, 0.6) is 5.75 Å². The normalized spacial score (nSPS) is 10.4. The molecule has 0 atom stereocenters. The quantitative estimate of drug-likeness (QED) is 0.508. The Morgan fingerprint density at radius 2 is 2.07 bits per heavy atom. The molecule has 0 aliphatic heterocycles. The number of hydrogen-bond acceptors (Lipinski definition) is 2. The zero-order chi connectivity index (χ0) is 11.3. The molecule has 15 heavy (non-hydrogen) atoms. The lowest BCUT2D eigenvalue weighted by molar-refractivity contribution is 0.381. The first-order chi connectivity index (χ1) is 7.19. The molecule has 0 unspecified atom stereocenters. The van der Waals surface area contributed by atoms with Crippen LogP contribution in [0.1, 0.15) is 5.56 Å². The Bertz CT molecular complexity index is 333. The summed E-state index contributed by atoms with van der Waals surface area (Å²) in [4.78, 5) is 0. The molecule has 0 amide bonds. The third kappa shape index (κ3) is 3.43. The van der Waals surface area contributed by atoms with Gasteiger partial charge in [-0.3, -0.25) is 0 Å². The molecule has 0 saturated heterocycles. The maximum atomic E-state index is 13.4. The van der Waals surface area contributed by atoms with E-state index in [0.717, 1.165) is 6.07 Å². The number of hydrogen-bond donors (Lipinski definition) is 1. The average molecular weight is 280 g/mol. The monoisotopic (exact) mass is 279 g/mol. The summed E-state index contributed by atoms with van der Waals surface area (Å²) in [6.07, 6.45) is 0.443. The SMILES string of the molecule is COc1cc(F)c(CCNCBr)cc1F. The summed E-state index contributed by atoms with van der Waals surface area (Å²) >= 11 is 3.18. The summed E-state index contributed by atoms with van der Waals surface area (Å²) < 4.78 is 31.2. The van der Waals surface area contributed by atoms with Gasteiger partial charge in [0.25, 0.3) is 0 Å². The number of halogens is 3. The molecule has 1 aromatic carbocycles. The van der Waals surface area contributed by atoms with Crippen molar-refractivity contribution in [3.05, 3.63) is 29.3 Å². The van der Waals surface area contributed by atoms with Gasteiger partial charge in [-0.15, -0.1) is 0 Å². The van der Waals surface area contributed by atoms with Gasteiger partial charge in [-0.1, -0.05) is 15.9 Å². The fourth-order valence-electron chi connectivity index (χ4n) is 1.21. The Balaban J connectivity index is 2.76. The van der Waals surface area contributed by atoms with Gasteiger partial charge < -0.3 is 10.1 Å². The van der Waals surface area contributed by atoms with E-state index in [1.807, 2.05) is 0 Å². The van der Waals surface area contributed by atoms with Crippen LogP contribution < -0.4 is 10.1 Å². The van der Waals surface area contributed by atoms with Crippen molar-refractivity contribution in [3.8, 4) is 5.75 Å². The van der Waals surface area contributed by atoms with Crippen LogP contribution in [0.4, 0.5) is 8.78 Å². The molecular weight excluding hydrogens is 268 g/mol. The summed E-state index contributed by atoms with van der Waals surface area (Å²) in [6.45, 7) is 0.591. The summed E-state index contributed by atoms with van der Waals surface area (Å²) in [6, 6.07) is 2.24. The second-order valence-corrected chi connectivity index (χ2v) is 3.52. The molecule has 0 aromatic heterocycles. The number of ether oxygens (including phenoxy) is 1. The second kappa shape index (κ2) is 6.02. The Hall–Kier alpha value is -0.680. The minimum Gasteiger partial charge on any atom is -0.494 e. The minimum absolute atomic E-state index is 0.0651. The maximum Gasteiger partial charge on any atom is 0.165 e. The fourth-order valence-corrected chi connectivity index (χ4v) is 1.49. The summed E-state index contributed by atoms with van der Waals surface area (Å²) in [5.41, 5.74) is 0.981. The van der Waals surface area contributed by atoms with Gasteiger partial charge in [0.2, 0.25) is 0 Å². The highest BCUT2D eigenvalue weighted by Gasteiger charge is 2.09. The van der Waals surface area contributed by atoms with Crippen LogP contribution >= 0.6 is 15.9 Å². The summed E-state index contributed by atoms with van der Waals surface area (Å²) in [5, 5.41) is 2.97. The van der Waals surface area contributed by atoms with Crippen molar-refractivity contribution < 1.29 is 13.5 Å². The van der Waals surface area contributed by atoms with Crippen molar-refractivity contribution in [2.75, 3.05) is 19.1 Å². The number of benzene rings is 1. The van der Waals surface area contributed by atoms with Crippen LogP contribution in [0.2, 0.25) is 0 Å². The highest BCUT2D eigenvalue weighted by molar-refractivity contribution is 9.09. The van der Waals surface area contributed by atoms with E-state index in [1.54, 1.807) is 0 Å². The Kier molecular flexibility index (Phi) is 4.98. The molecule has 2 nitrogen and oxygen atoms in total. The molecule has 0 heterocycles. The van der Waals surface area contributed by atoms with Crippen molar-refractivity contribution in [3.63, 3.8) is 0 Å². The molecule has 1 aromatic rings. The molecule has 0 saturated carbocycles. The molecule has 1 rings (SSSR count). The first kappa shape index (κ1) is 12.4. The number of alkyl halides is 1. The smallest absolute Gasteiger partial charge is 0.165 e. The van der Waals surface area contributed by atoms with Crippen LogP contribution in [-0.2, 0) is 6.42 Å². The van der Waals surface area contributed by atoms with Gasteiger partial charge in [0, 0.05) is 12.6 Å². The molecule has 5 heteroatoms. The topological polar surface area (TPSA) is 21.3 Å². The number of methoxy groups -OCH3 is 1. The standard InChI is InChI=1S/C10H12BrF2NO/c1-15-10-5-8(12)7(4-9(10)13)2-3-14-6-11/h4-5,14H,2-3,6H2,1H3. The van der Waals surface area contributed by atoms with Gasteiger partial charge in [0.05, 0.1) is 12.6 Å². The molecule has 1 N–H and O–H groups in total. The largest absolute Gasteiger partial charge is 0.494 e. The van der Waals surface area contributed by atoms with E-state index in [2.05, 4.69) is 26.0 Å². The molecule has 0 spiro atoms. The maximum absolute atomic E-state index is 13.4. The van der Waals surface area contributed by atoms with Gasteiger partial charge in [-0.05, 0) is 18.1 Å². The summed E-state index contributed by atoms with van der Waals surface area (Å²) in [7, 11) is 1.31. The predicted molar refractivity (Wildman–Crippen MR) is 58.4 cm³/mol. The highest BCUT2D eigenvalue weighted by atomic mass is 79.9. The van der Waals surface area contributed by atoms with Gasteiger partial charge in [-0.2, -0.15) is 0 Å². The van der Waals surface area contributed by atoms with Crippen LogP contribution in [0, 0.1) is 11.6 Å². The molecule has 0 radical (unpaired) electrons. The highest BCUT2D eigenvalue weighted by Crippen LogP contribution is 2.21. The van der Waals surface area contributed by atoms with Gasteiger partial charge in [-0.25, -0.2) is 8.78 Å². The zero-order valence-electron chi connectivity index (χ0n) is 8.32. The van der Waals surface area contributed by atoms with E-state index in [4.69, 9.17) is 0 Å². The molecular formula is C10H12BrF2NO. The van der Waals surface area contributed by atoms with Crippen LogP contribution in [0.3, 0.4) is 0 Å². The van der Waals surface area contributed by atoms with E-state index in [-0.39, 0.29) is 5.75 Å². The average Bonchev–Trinajstić information content (AvgIpc) is 2.23. The molecule has 0 fully saturated rings. The molecule has 84 valence electrons. The Morgan fingerprint density at radius 1 is 1.33 bits per heavy atom. The Labute approximate surface area is 95.8 Å². The zero-order valence-corrected chi connectivity index (χ0v) is 9.90. The molecule has 0 aliphatic rings. The van der Waals surface area contributed by atoms with Crippen molar-refractivity contribution in [2.24, 2.45) is 0 Å². The van der Waals surface area contributed by atoms with Gasteiger partial charge >= 0.3 is 0 Å². The first-order valence-electron chi connectivity index (χ1n) is 4.47. The fraction of sp³-hybridized carbons (Fsp3) is 0.400. The first-order valence-corrected chi connectivity index (χ1v) is 5.59. The van der Waals surface area contributed by atoms with Crippen molar-refractivity contribution >= 4 is 15.9 Å². The lowest BCUT2D eigenvalue weighted by Crippen LogP contribution is -2.15. The number of rotatable bonds is 5. The van der Waals surface area contributed by atoms with Crippen molar-refractivity contribution in [1.82, 2.24) is 5.32 Å². The van der Waals surface area contributed by atoms with Crippen LogP contribution in [0.25, 0.3) is 0 Å². The summed E-state index contributed by atoms with van der Waals surface area (Å²) in [5.74, 6) is -1.04. The molecule has 0 bridgehead atoms. The van der Waals surface area contributed by atoms with E-state index in [0.29, 0.717) is 24.0 Å². The van der Waals surface area contributed by atoms with Crippen LogP contribution in [0.15, 0.2) is 12.1 Å². The van der Waals surface area contributed by atoms with E-state index < -0.39 is 11.6 Å². The predicted octanol–water partition coefficient (Wildman–Crippen LogP) is 2.46. The van der Waals surface area contributed by atoms with Crippen molar-refractivity contribution in [2.45, 2.75) is 6.42 Å². The third-order valence-electron chi connectivity index (χ3n) is 1.99. The van der Waals surface area contributed by atoms with Crippen molar-refractivity contribution in [1.29, 1.82) is 0 Å². The molecule has 0 aliphatic carbocycles. The number of nitrogens with one attached hydrogen (secondary N) is 1. The second-order valence-electron chi connectivity index (χ2n) is 2.96.